The van der Waals surface area contributed by atoms with Crippen LogP contribution in [0.1, 0.15) is 15.9 Å². The van der Waals surface area contributed by atoms with Crippen LogP contribution in [-0.2, 0) is 15.7 Å². The van der Waals surface area contributed by atoms with Crippen LogP contribution in [0.5, 0.6) is 0 Å². The molecule has 5 nitrogen and oxygen atoms in total. The first-order valence-electron chi connectivity index (χ1n) is 7.19. The van der Waals surface area contributed by atoms with E-state index in [4.69, 9.17) is 0 Å². The lowest BCUT2D eigenvalue weighted by Crippen LogP contribution is -2.22. The zero-order chi connectivity index (χ0) is 18.4. The molecule has 25 heavy (non-hydrogen) atoms. The van der Waals surface area contributed by atoms with Crippen LogP contribution in [0.25, 0.3) is 0 Å². The van der Waals surface area contributed by atoms with E-state index in [1.807, 2.05) is 0 Å². The number of benzene rings is 2. The molecule has 0 radical (unpaired) electrons. The number of hydrogen-bond donors (Lipinski definition) is 2. The first-order chi connectivity index (χ1) is 11.8. The number of halogens is 3. The number of anilines is 2. The van der Waals surface area contributed by atoms with E-state index in [9.17, 15) is 22.8 Å². The van der Waals surface area contributed by atoms with Crippen molar-refractivity contribution in [2.75, 3.05) is 24.3 Å². The third-order valence-electron chi connectivity index (χ3n) is 3.23. The zero-order valence-electron chi connectivity index (χ0n) is 13.2. The smallest absolute Gasteiger partial charge is 0.416 e. The second-order valence-electron chi connectivity index (χ2n) is 5.05. The zero-order valence-corrected chi connectivity index (χ0v) is 13.2. The summed E-state index contributed by atoms with van der Waals surface area (Å²) < 4.78 is 42.5. The molecule has 2 aromatic rings. The maximum Gasteiger partial charge on any atom is 0.416 e. The third kappa shape index (κ3) is 5.23. The Bertz CT molecular complexity index is 758. The second kappa shape index (κ2) is 7.69. The van der Waals surface area contributed by atoms with Crippen molar-refractivity contribution < 1.29 is 27.5 Å². The van der Waals surface area contributed by atoms with Crippen molar-refractivity contribution in [1.29, 1.82) is 0 Å². The minimum Gasteiger partial charge on any atom is -0.465 e. The van der Waals surface area contributed by atoms with E-state index in [0.29, 0.717) is 11.3 Å². The van der Waals surface area contributed by atoms with E-state index < -0.39 is 23.6 Å². The molecule has 0 aliphatic rings. The van der Waals surface area contributed by atoms with Crippen LogP contribution in [0.15, 0.2) is 48.5 Å². The van der Waals surface area contributed by atoms with Gasteiger partial charge in [0, 0.05) is 11.4 Å². The van der Waals surface area contributed by atoms with Crippen molar-refractivity contribution in [3.63, 3.8) is 0 Å². The number of hydrogen-bond acceptors (Lipinski definition) is 4. The number of methoxy groups -OCH3 is 1. The lowest BCUT2D eigenvalue weighted by Gasteiger charge is -2.11. The Labute approximate surface area is 141 Å². The predicted molar refractivity (Wildman–Crippen MR) is 86.3 cm³/mol. The van der Waals surface area contributed by atoms with E-state index in [2.05, 4.69) is 15.4 Å². The fourth-order valence-corrected chi connectivity index (χ4v) is 2.00. The Morgan fingerprint density at radius 3 is 2.32 bits per heavy atom. The molecule has 0 bridgehead atoms. The fourth-order valence-electron chi connectivity index (χ4n) is 2.00. The lowest BCUT2D eigenvalue weighted by atomic mass is 10.2. The lowest BCUT2D eigenvalue weighted by molar-refractivity contribution is -0.137. The molecule has 1 amide bonds. The molecule has 0 saturated heterocycles. The molecule has 8 heteroatoms. The number of esters is 1. The number of carbonyl (C=O) groups excluding carboxylic acids is 2. The summed E-state index contributed by atoms with van der Waals surface area (Å²) in [5.74, 6) is -0.938. The molecule has 0 fully saturated rings. The van der Waals surface area contributed by atoms with Gasteiger partial charge in [-0.05, 0) is 42.5 Å². The highest BCUT2D eigenvalue weighted by Crippen LogP contribution is 2.30. The first-order valence-corrected chi connectivity index (χ1v) is 7.19. The third-order valence-corrected chi connectivity index (χ3v) is 3.23. The van der Waals surface area contributed by atoms with E-state index in [1.165, 1.54) is 43.5 Å². The highest BCUT2D eigenvalue weighted by Gasteiger charge is 2.30. The number of nitrogens with one attached hydrogen (secondary N) is 2. The van der Waals surface area contributed by atoms with Crippen LogP contribution in [0.4, 0.5) is 24.5 Å². The first kappa shape index (κ1) is 18.3. The molecule has 0 saturated carbocycles. The molecule has 0 aromatic heterocycles. The molecule has 2 aromatic carbocycles. The summed E-state index contributed by atoms with van der Waals surface area (Å²) in [6.45, 7) is -0.208. The monoisotopic (exact) mass is 352 g/mol. The summed E-state index contributed by atoms with van der Waals surface area (Å²) in [4.78, 5) is 23.2. The van der Waals surface area contributed by atoms with E-state index in [0.717, 1.165) is 12.1 Å². The number of ether oxygens (including phenoxy) is 1. The highest BCUT2D eigenvalue weighted by atomic mass is 19.4. The van der Waals surface area contributed by atoms with Gasteiger partial charge in [0.05, 0.1) is 24.8 Å². The van der Waals surface area contributed by atoms with Crippen molar-refractivity contribution in [1.82, 2.24) is 0 Å². The SMILES string of the molecule is COC(=O)c1ccc(NC(=O)CNc2cccc(C(F)(F)F)c2)cc1. The van der Waals surface area contributed by atoms with Gasteiger partial charge in [0.25, 0.3) is 0 Å². The van der Waals surface area contributed by atoms with Gasteiger partial charge in [0.2, 0.25) is 5.91 Å². The van der Waals surface area contributed by atoms with Gasteiger partial charge >= 0.3 is 12.1 Å². The molecule has 0 spiro atoms. The Morgan fingerprint density at radius 1 is 1.04 bits per heavy atom. The summed E-state index contributed by atoms with van der Waals surface area (Å²) in [7, 11) is 1.26. The summed E-state index contributed by atoms with van der Waals surface area (Å²) in [5, 5.41) is 5.20. The highest BCUT2D eigenvalue weighted by molar-refractivity contribution is 5.95. The Kier molecular flexibility index (Phi) is 5.63. The van der Waals surface area contributed by atoms with Crippen LogP contribution >= 0.6 is 0 Å². The van der Waals surface area contributed by atoms with Crippen molar-refractivity contribution in [2.45, 2.75) is 6.18 Å². The van der Waals surface area contributed by atoms with Crippen molar-refractivity contribution in [3.8, 4) is 0 Å². The Hall–Kier alpha value is -3.03. The van der Waals surface area contributed by atoms with Crippen LogP contribution < -0.4 is 10.6 Å². The molecule has 0 aliphatic carbocycles. The van der Waals surface area contributed by atoms with Gasteiger partial charge in [-0.3, -0.25) is 4.79 Å². The number of alkyl halides is 3. The summed E-state index contributed by atoms with van der Waals surface area (Å²) in [5.41, 5.74) is 0.174. The molecular weight excluding hydrogens is 337 g/mol. The number of amides is 1. The quantitative estimate of drug-likeness (QED) is 0.808. The summed E-state index contributed by atoms with van der Waals surface area (Å²) in [6.07, 6.45) is -4.44. The molecule has 2 rings (SSSR count). The maximum atomic E-state index is 12.6. The molecule has 0 atom stereocenters. The molecule has 0 aliphatic heterocycles. The van der Waals surface area contributed by atoms with Gasteiger partial charge in [-0.1, -0.05) is 6.07 Å². The van der Waals surface area contributed by atoms with Crippen molar-refractivity contribution in [3.05, 3.63) is 59.7 Å². The standard InChI is InChI=1S/C17H15F3N2O3/c1-25-16(24)11-5-7-13(8-6-11)22-15(23)10-21-14-4-2-3-12(9-14)17(18,19)20/h2-9,21H,10H2,1H3,(H,22,23). The Balaban J connectivity index is 1.92. The molecular formula is C17H15F3N2O3. The van der Waals surface area contributed by atoms with Gasteiger partial charge in [0.1, 0.15) is 0 Å². The topological polar surface area (TPSA) is 67.4 Å². The van der Waals surface area contributed by atoms with Gasteiger partial charge in [-0.15, -0.1) is 0 Å². The molecule has 132 valence electrons. The van der Waals surface area contributed by atoms with Gasteiger partial charge in [0.15, 0.2) is 0 Å². The Morgan fingerprint density at radius 2 is 1.72 bits per heavy atom. The molecule has 2 N–H and O–H groups in total. The predicted octanol–water partition coefficient (Wildman–Crippen LogP) is 3.54. The fraction of sp³-hybridized carbons (Fsp3) is 0.176. The van der Waals surface area contributed by atoms with E-state index in [1.54, 1.807) is 0 Å². The summed E-state index contributed by atoms with van der Waals surface area (Å²) >= 11 is 0. The van der Waals surface area contributed by atoms with Crippen molar-refractivity contribution >= 4 is 23.3 Å². The average Bonchev–Trinajstić information content (AvgIpc) is 2.59. The minimum atomic E-state index is -4.44. The average molecular weight is 352 g/mol. The van der Waals surface area contributed by atoms with Crippen LogP contribution in [0, 0.1) is 0 Å². The number of carbonyl (C=O) groups is 2. The normalized spacial score (nSPS) is 10.9. The van der Waals surface area contributed by atoms with Gasteiger partial charge in [-0.2, -0.15) is 13.2 Å². The van der Waals surface area contributed by atoms with Gasteiger partial charge < -0.3 is 15.4 Å². The van der Waals surface area contributed by atoms with Gasteiger partial charge in [-0.25, -0.2) is 4.79 Å². The van der Waals surface area contributed by atoms with E-state index in [-0.39, 0.29) is 12.2 Å². The van der Waals surface area contributed by atoms with E-state index >= 15 is 0 Å². The van der Waals surface area contributed by atoms with Crippen LogP contribution in [0.2, 0.25) is 0 Å². The maximum absolute atomic E-state index is 12.6. The van der Waals surface area contributed by atoms with Crippen LogP contribution in [0.3, 0.4) is 0 Å². The van der Waals surface area contributed by atoms with Crippen molar-refractivity contribution in [2.24, 2.45) is 0 Å². The largest absolute Gasteiger partial charge is 0.465 e. The second-order valence-corrected chi connectivity index (χ2v) is 5.05. The summed E-state index contributed by atoms with van der Waals surface area (Å²) in [6, 6.07) is 10.6. The minimum absolute atomic E-state index is 0.186. The van der Waals surface area contributed by atoms with Crippen LogP contribution in [-0.4, -0.2) is 25.5 Å². The molecule has 0 heterocycles. The molecule has 0 unspecified atom stereocenters. The number of rotatable bonds is 5.